The molecule has 2 N–H and O–H groups in total. The molecule has 2 aromatic carbocycles. The summed E-state index contributed by atoms with van der Waals surface area (Å²) in [7, 11) is 0. The number of amides is 1. The van der Waals surface area contributed by atoms with Crippen LogP contribution in [0, 0.1) is 0 Å². The van der Waals surface area contributed by atoms with E-state index in [0.29, 0.717) is 29.6 Å². The van der Waals surface area contributed by atoms with Crippen molar-refractivity contribution in [3.05, 3.63) is 108 Å². The van der Waals surface area contributed by atoms with Crippen molar-refractivity contribution < 1.29 is 9.53 Å². The van der Waals surface area contributed by atoms with Gasteiger partial charge in [0.05, 0.1) is 5.57 Å². The lowest BCUT2D eigenvalue weighted by atomic mass is 9.95. The fraction of sp³-hybridized carbons (Fsp3) is 0.120. The van der Waals surface area contributed by atoms with Crippen LogP contribution in [0.3, 0.4) is 0 Å². The molecule has 0 bridgehead atoms. The number of nitrogens with zero attached hydrogens (tertiary/aromatic N) is 4. The van der Waals surface area contributed by atoms with Crippen LogP contribution in [-0.2, 0) is 11.4 Å². The van der Waals surface area contributed by atoms with E-state index in [1.807, 2.05) is 67.6 Å². The highest BCUT2D eigenvalue weighted by atomic mass is 16.5. The zero-order valence-electron chi connectivity index (χ0n) is 18.0. The number of aromatic nitrogens is 4. The van der Waals surface area contributed by atoms with Crippen LogP contribution < -0.4 is 15.4 Å². The van der Waals surface area contributed by atoms with Crippen molar-refractivity contribution in [3.63, 3.8) is 0 Å². The molecule has 0 radical (unpaired) electrons. The van der Waals surface area contributed by atoms with Crippen LogP contribution in [0.4, 0.5) is 11.8 Å². The molecule has 1 atom stereocenters. The lowest BCUT2D eigenvalue weighted by molar-refractivity contribution is -0.113. The monoisotopic (exact) mass is 438 g/mol. The average Bonchev–Trinajstić information content (AvgIpc) is 3.31. The quantitative estimate of drug-likeness (QED) is 0.469. The maximum atomic E-state index is 13.3. The number of benzene rings is 2. The predicted molar refractivity (Wildman–Crippen MR) is 125 cm³/mol. The standard InChI is InChI=1S/C25H22N6O2/c1-17-22(24(32)30-21-9-5-6-14-26-21)23(31-25(29-17)27-16-28-31)19-10-12-20(13-11-19)33-15-18-7-3-2-4-8-18/h2-14,16,23H,15H2,1H3,(H,26,30,32)(H,27,28,29). The summed E-state index contributed by atoms with van der Waals surface area (Å²) >= 11 is 0. The van der Waals surface area contributed by atoms with Gasteiger partial charge in [0.1, 0.15) is 30.5 Å². The summed E-state index contributed by atoms with van der Waals surface area (Å²) in [5, 5.41) is 10.4. The van der Waals surface area contributed by atoms with Gasteiger partial charge in [0, 0.05) is 11.9 Å². The Bertz CT molecular complexity index is 1280. The van der Waals surface area contributed by atoms with Gasteiger partial charge in [-0.15, -0.1) is 0 Å². The maximum Gasteiger partial charge on any atom is 0.257 e. The van der Waals surface area contributed by atoms with E-state index in [0.717, 1.165) is 16.9 Å². The van der Waals surface area contributed by atoms with Crippen LogP contribution in [0.5, 0.6) is 5.75 Å². The Kier molecular flexibility index (Phi) is 5.55. The third-order valence-electron chi connectivity index (χ3n) is 5.39. The Morgan fingerprint density at radius 1 is 1.03 bits per heavy atom. The summed E-state index contributed by atoms with van der Waals surface area (Å²) in [6.45, 7) is 2.34. The van der Waals surface area contributed by atoms with E-state index in [4.69, 9.17) is 4.74 Å². The van der Waals surface area contributed by atoms with Gasteiger partial charge in [-0.2, -0.15) is 10.1 Å². The minimum atomic E-state index is -0.448. The second-order valence-corrected chi connectivity index (χ2v) is 7.61. The highest BCUT2D eigenvalue weighted by molar-refractivity contribution is 6.05. The molecule has 5 rings (SSSR count). The van der Waals surface area contributed by atoms with Gasteiger partial charge < -0.3 is 15.4 Å². The molecule has 8 heteroatoms. The van der Waals surface area contributed by atoms with Crippen molar-refractivity contribution in [2.45, 2.75) is 19.6 Å². The summed E-state index contributed by atoms with van der Waals surface area (Å²) in [5.41, 5.74) is 3.23. The molecule has 8 nitrogen and oxygen atoms in total. The van der Waals surface area contributed by atoms with Crippen LogP contribution in [-0.4, -0.2) is 25.7 Å². The third kappa shape index (κ3) is 4.31. The van der Waals surface area contributed by atoms with Crippen molar-refractivity contribution in [3.8, 4) is 5.75 Å². The van der Waals surface area contributed by atoms with E-state index in [1.165, 1.54) is 6.33 Å². The largest absolute Gasteiger partial charge is 0.489 e. The van der Waals surface area contributed by atoms with Crippen LogP contribution in [0.2, 0.25) is 0 Å². The molecule has 0 spiro atoms. The third-order valence-corrected chi connectivity index (χ3v) is 5.39. The number of fused-ring (bicyclic) bond motifs is 1. The topological polar surface area (TPSA) is 94.0 Å². The molecule has 2 aromatic heterocycles. The summed E-state index contributed by atoms with van der Waals surface area (Å²) in [5.74, 6) is 1.55. The molecule has 1 aliphatic rings. The molecule has 1 amide bonds. The first-order chi connectivity index (χ1) is 16.2. The Morgan fingerprint density at radius 3 is 2.58 bits per heavy atom. The summed E-state index contributed by atoms with van der Waals surface area (Å²) in [6.07, 6.45) is 3.11. The molecule has 3 heterocycles. The molecule has 0 saturated heterocycles. The van der Waals surface area contributed by atoms with Crippen LogP contribution in [0.15, 0.2) is 96.6 Å². The number of rotatable bonds is 6. The summed E-state index contributed by atoms with van der Waals surface area (Å²) in [6, 6.07) is 22.6. The molecule has 0 fully saturated rings. The van der Waals surface area contributed by atoms with E-state index < -0.39 is 6.04 Å². The lowest BCUT2D eigenvalue weighted by Gasteiger charge is -2.28. The molecule has 0 aliphatic carbocycles. The van der Waals surface area contributed by atoms with Crippen LogP contribution in [0.25, 0.3) is 0 Å². The SMILES string of the molecule is CC1=C(C(=O)Nc2ccccn2)C(c2ccc(OCc3ccccc3)cc2)n2ncnc2N1. The van der Waals surface area contributed by atoms with Crippen molar-refractivity contribution in [1.29, 1.82) is 0 Å². The second kappa shape index (κ2) is 8.96. The molecule has 1 unspecified atom stereocenters. The van der Waals surface area contributed by atoms with Gasteiger partial charge in [-0.25, -0.2) is 9.67 Å². The normalized spacial score (nSPS) is 14.9. The molecule has 0 saturated carbocycles. The van der Waals surface area contributed by atoms with E-state index >= 15 is 0 Å². The molecular weight excluding hydrogens is 416 g/mol. The fourth-order valence-electron chi connectivity index (χ4n) is 3.80. The molecule has 4 aromatic rings. The van der Waals surface area contributed by atoms with E-state index in [1.54, 1.807) is 23.0 Å². The summed E-state index contributed by atoms with van der Waals surface area (Å²) < 4.78 is 7.63. The van der Waals surface area contributed by atoms with Crippen molar-refractivity contribution in [1.82, 2.24) is 19.7 Å². The van der Waals surface area contributed by atoms with Gasteiger partial charge in [0.15, 0.2) is 0 Å². The smallest absolute Gasteiger partial charge is 0.257 e. The molecular formula is C25H22N6O2. The number of pyridine rings is 1. The van der Waals surface area contributed by atoms with Crippen molar-refractivity contribution in [2.75, 3.05) is 10.6 Å². The number of ether oxygens (including phenoxy) is 1. The molecule has 33 heavy (non-hydrogen) atoms. The van der Waals surface area contributed by atoms with Gasteiger partial charge in [-0.05, 0) is 42.3 Å². The molecule has 164 valence electrons. The van der Waals surface area contributed by atoms with Gasteiger partial charge >= 0.3 is 0 Å². The summed E-state index contributed by atoms with van der Waals surface area (Å²) in [4.78, 5) is 21.8. The Morgan fingerprint density at radius 2 is 1.82 bits per heavy atom. The van der Waals surface area contributed by atoms with Crippen molar-refractivity contribution >= 4 is 17.7 Å². The van der Waals surface area contributed by atoms with E-state index in [2.05, 4.69) is 25.7 Å². The highest BCUT2D eigenvalue weighted by Crippen LogP contribution is 2.35. The first-order valence-corrected chi connectivity index (χ1v) is 10.6. The first kappa shape index (κ1) is 20.4. The number of nitrogens with one attached hydrogen (secondary N) is 2. The zero-order valence-corrected chi connectivity index (χ0v) is 18.0. The van der Waals surface area contributed by atoms with E-state index in [9.17, 15) is 4.79 Å². The zero-order chi connectivity index (χ0) is 22.6. The Hall–Kier alpha value is -4.46. The Balaban J connectivity index is 1.42. The van der Waals surface area contributed by atoms with Gasteiger partial charge in [-0.3, -0.25) is 4.79 Å². The Labute approximate surface area is 191 Å². The minimum Gasteiger partial charge on any atom is -0.489 e. The second-order valence-electron chi connectivity index (χ2n) is 7.61. The van der Waals surface area contributed by atoms with Gasteiger partial charge in [-0.1, -0.05) is 48.5 Å². The number of carbonyl (C=O) groups is 1. The van der Waals surface area contributed by atoms with Gasteiger partial charge in [0.2, 0.25) is 5.95 Å². The number of anilines is 2. The van der Waals surface area contributed by atoms with Crippen LogP contribution >= 0.6 is 0 Å². The lowest BCUT2D eigenvalue weighted by Crippen LogP contribution is -2.31. The van der Waals surface area contributed by atoms with Crippen molar-refractivity contribution in [2.24, 2.45) is 0 Å². The number of carbonyl (C=O) groups excluding carboxylic acids is 1. The number of allylic oxidation sites excluding steroid dienone is 1. The van der Waals surface area contributed by atoms with Gasteiger partial charge in [0.25, 0.3) is 5.91 Å². The maximum absolute atomic E-state index is 13.3. The first-order valence-electron chi connectivity index (χ1n) is 10.6. The van der Waals surface area contributed by atoms with Crippen LogP contribution in [0.1, 0.15) is 24.1 Å². The highest BCUT2D eigenvalue weighted by Gasteiger charge is 2.33. The number of hydrogen-bond acceptors (Lipinski definition) is 6. The fourth-order valence-corrected chi connectivity index (χ4v) is 3.80. The number of hydrogen-bond donors (Lipinski definition) is 2. The average molecular weight is 438 g/mol. The molecule has 1 aliphatic heterocycles. The predicted octanol–water partition coefficient (Wildman–Crippen LogP) is 4.18. The minimum absolute atomic E-state index is 0.255. The van der Waals surface area contributed by atoms with E-state index in [-0.39, 0.29) is 5.91 Å².